The summed E-state index contributed by atoms with van der Waals surface area (Å²) in [6.45, 7) is -0.234. The molecule has 146 valence electrons. The average molecular weight is 394 g/mol. The Balaban J connectivity index is 2.04. The highest BCUT2D eigenvalue weighted by Crippen LogP contribution is 2.29. The number of anilines is 1. The highest BCUT2D eigenvalue weighted by Gasteiger charge is 2.15. The van der Waals surface area contributed by atoms with E-state index in [9.17, 15) is 14.7 Å². The van der Waals surface area contributed by atoms with Crippen molar-refractivity contribution in [1.82, 2.24) is 14.9 Å². The van der Waals surface area contributed by atoms with E-state index in [1.165, 1.54) is 32.1 Å². The van der Waals surface area contributed by atoms with Crippen molar-refractivity contribution in [3.05, 3.63) is 30.1 Å². The molecule has 1 aromatic heterocycles. The molecule has 0 aliphatic rings. The lowest BCUT2D eigenvalue weighted by atomic mass is 10.2. The topological polar surface area (TPSA) is 115 Å². The molecule has 0 unspecified atom stereocenters. The maximum atomic E-state index is 12.3. The molecule has 3 N–H and O–H groups in total. The molecule has 27 heavy (non-hydrogen) atoms. The van der Waals surface area contributed by atoms with Crippen LogP contribution in [0.5, 0.6) is 11.5 Å². The van der Waals surface area contributed by atoms with Gasteiger partial charge in [-0.2, -0.15) is 0 Å². The van der Waals surface area contributed by atoms with Gasteiger partial charge in [0.15, 0.2) is 5.16 Å². The van der Waals surface area contributed by atoms with E-state index >= 15 is 0 Å². The fourth-order valence-corrected chi connectivity index (χ4v) is 3.04. The van der Waals surface area contributed by atoms with E-state index in [4.69, 9.17) is 9.47 Å². The van der Waals surface area contributed by atoms with Gasteiger partial charge in [0.2, 0.25) is 11.8 Å². The smallest absolute Gasteiger partial charge is 0.239 e. The van der Waals surface area contributed by atoms with Crippen molar-refractivity contribution in [2.45, 2.75) is 18.3 Å². The second kappa shape index (κ2) is 9.83. The van der Waals surface area contributed by atoms with Crippen LogP contribution in [0.3, 0.4) is 0 Å². The fraction of sp³-hybridized carbons (Fsp3) is 0.353. The molecular weight excluding hydrogens is 372 g/mol. The third-order valence-electron chi connectivity index (χ3n) is 3.66. The van der Waals surface area contributed by atoms with Crippen LogP contribution in [-0.2, 0) is 22.7 Å². The molecule has 0 atom stereocenters. The number of aliphatic hydroxyl groups is 1. The standard InChI is InChI=1S/C17H22N4O5S/c1-18-15(23)8-21-11(9-22)7-19-17(21)27-10-16(24)20-13-5-4-12(25-2)6-14(13)26-3/h4-7,22H,8-10H2,1-3H3,(H,18,23)(H,20,24). The van der Waals surface area contributed by atoms with Crippen molar-refractivity contribution >= 4 is 29.3 Å². The highest BCUT2D eigenvalue weighted by molar-refractivity contribution is 7.99. The molecule has 10 heteroatoms. The summed E-state index contributed by atoms with van der Waals surface area (Å²) in [7, 11) is 4.58. The number of carbonyl (C=O) groups is 2. The Morgan fingerprint density at radius 1 is 1.26 bits per heavy atom. The molecule has 1 aromatic carbocycles. The van der Waals surface area contributed by atoms with E-state index in [0.29, 0.717) is 28.0 Å². The Hall–Kier alpha value is -2.72. The number of nitrogens with zero attached hydrogens (tertiary/aromatic N) is 2. The number of carbonyl (C=O) groups excluding carboxylic acids is 2. The zero-order chi connectivity index (χ0) is 19.8. The molecule has 0 saturated carbocycles. The van der Waals surface area contributed by atoms with E-state index in [2.05, 4.69) is 15.6 Å². The van der Waals surface area contributed by atoms with Crippen LogP contribution in [0.25, 0.3) is 0 Å². The Kier molecular flexibility index (Phi) is 7.50. The van der Waals surface area contributed by atoms with Gasteiger partial charge in [-0.3, -0.25) is 9.59 Å². The highest BCUT2D eigenvalue weighted by atomic mass is 32.2. The van der Waals surface area contributed by atoms with Gasteiger partial charge >= 0.3 is 0 Å². The lowest BCUT2D eigenvalue weighted by molar-refractivity contribution is -0.121. The fourth-order valence-electron chi connectivity index (χ4n) is 2.24. The molecule has 2 aromatic rings. The zero-order valence-electron chi connectivity index (χ0n) is 15.3. The first-order chi connectivity index (χ1) is 13.0. The summed E-state index contributed by atoms with van der Waals surface area (Å²) in [4.78, 5) is 28.1. The molecule has 0 aliphatic carbocycles. The predicted octanol–water partition coefficient (Wildman–Crippen LogP) is 0.869. The van der Waals surface area contributed by atoms with Gasteiger partial charge in [-0.05, 0) is 12.1 Å². The number of likely N-dealkylation sites (N-methyl/N-ethyl adjacent to an activating group) is 1. The number of aromatic nitrogens is 2. The molecule has 0 bridgehead atoms. The Bertz CT molecular complexity index is 809. The molecule has 0 radical (unpaired) electrons. The summed E-state index contributed by atoms with van der Waals surface area (Å²) < 4.78 is 12.0. The van der Waals surface area contributed by atoms with Gasteiger partial charge in [-0.25, -0.2) is 4.98 Å². The molecule has 2 amide bonds. The molecule has 2 rings (SSSR count). The first-order valence-electron chi connectivity index (χ1n) is 8.02. The summed E-state index contributed by atoms with van der Waals surface area (Å²) in [6, 6.07) is 5.08. The summed E-state index contributed by atoms with van der Waals surface area (Å²) in [6.07, 6.45) is 1.48. The third kappa shape index (κ3) is 5.38. The summed E-state index contributed by atoms with van der Waals surface area (Å²) >= 11 is 1.17. The SMILES string of the molecule is CNC(=O)Cn1c(CO)cnc1SCC(=O)Nc1ccc(OC)cc1OC. The number of methoxy groups -OCH3 is 2. The first-order valence-corrected chi connectivity index (χ1v) is 9.01. The molecule has 0 saturated heterocycles. The zero-order valence-corrected chi connectivity index (χ0v) is 16.1. The second-order valence-corrected chi connectivity index (χ2v) is 6.30. The molecule has 0 fully saturated rings. The number of amides is 2. The lowest BCUT2D eigenvalue weighted by Crippen LogP contribution is -2.25. The van der Waals surface area contributed by atoms with Crippen molar-refractivity contribution < 1.29 is 24.2 Å². The van der Waals surface area contributed by atoms with Crippen LogP contribution >= 0.6 is 11.8 Å². The van der Waals surface area contributed by atoms with Gasteiger partial charge in [-0.15, -0.1) is 0 Å². The van der Waals surface area contributed by atoms with Gasteiger partial charge in [0, 0.05) is 13.1 Å². The van der Waals surface area contributed by atoms with Crippen molar-refractivity contribution in [1.29, 1.82) is 0 Å². The van der Waals surface area contributed by atoms with Crippen LogP contribution < -0.4 is 20.1 Å². The van der Waals surface area contributed by atoms with Crippen molar-refractivity contribution in [2.24, 2.45) is 0 Å². The number of hydrogen-bond acceptors (Lipinski definition) is 7. The van der Waals surface area contributed by atoms with Gasteiger partial charge in [-0.1, -0.05) is 11.8 Å². The Morgan fingerprint density at radius 3 is 2.67 bits per heavy atom. The molecule has 0 aliphatic heterocycles. The number of nitrogens with one attached hydrogen (secondary N) is 2. The summed E-state index contributed by atoms with van der Waals surface area (Å²) in [5.41, 5.74) is 1.02. The van der Waals surface area contributed by atoms with Crippen molar-refractivity contribution in [3.63, 3.8) is 0 Å². The minimum Gasteiger partial charge on any atom is -0.497 e. The average Bonchev–Trinajstić information content (AvgIpc) is 3.07. The Morgan fingerprint density at radius 2 is 2.04 bits per heavy atom. The molecule has 9 nitrogen and oxygen atoms in total. The van der Waals surface area contributed by atoms with E-state index in [1.807, 2.05) is 0 Å². The van der Waals surface area contributed by atoms with Crippen molar-refractivity contribution in [3.8, 4) is 11.5 Å². The van der Waals surface area contributed by atoms with Crippen molar-refractivity contribution in [2.75, 3.05) is 32.3 Å². The number of hydrogen-bond donors (Lipinski definition) is 3. The minimum atomic E-state index is -0.261. The van der Waals surface area contributed by atoms with E-state index in [0.717, 1.165) is 0 Å². The predicted molar refractivity (Wildman–Crippen MR) is 101 cm³/mol. The van der Waals surface area contributed by atoms with Gasteiger partial charge in [0.25, 0.3) is 0 Å². The largest absolute Gasteiger partial charge is 0.497 e. The first kappa shape index (κ1) is 20.6. The number of aliphatic hydroxyl groups excluding tert-OH is 1. The van der Waals surface area contributed by atoms with Crippen LogP contribution in [0.1, 0.15) is 5.69 Å². The number of thioether (sulfide) groups is 1. The lowest BCUT2D eigenvalue weighted by Gasteiger charge is -2.12. The van der Waals surface area contributed by atoms with Crippen LogP contribution in [-0.4, -0.2) is 53.5 Å². The quantitative estimate of drug-likeness (QED) is 0.541. The van der Waals surface area contributed by atoms with Gasteiger partial charge in [0.05, 0.1) is 44.2 Å². The molecule has 0 spiro atoms. The van der Waals surface area contributed by atoms with Crippen LogP contribution in [0.2, 0.25) is 0 Å². The summed E-state index contributed by atoms with van der Waals surface area (Å²) in [5, 5.41) is 15.1. The van der Waals surface area contributed by atoms with E-state index < -0.39 is 0 Å². The third-order valence-corrected chi connectivity index (χ3v) is 4.65. The minimum absolute atomic E-state index is 0.0165. The number of benzene rings is 1. The van der Waals surface area contributed by atoms with E-state index in [1.54, 1.807) is 29.9 Å². The Labute approximate surface area is 161 Å². The van der Waals surface area contributed by atoms with Crippen LogP contribution in [0, 0.1) is 0 Å². The summed E-state index contributed by atoms with van der Waals surface area (Å²) in [5.74, 6) is 0.689. The van der Waals surface area contributed by atoms with Gasteiger partial charge in [0.1, 0.15) is 18.0 Å². The number of rotatable bonds is 9. The molecule has 1 heterocycles. The van der Waals surface area contributed by atoms with E-state index in [-0.39, 0.29) is 30.7 Å². The van der Waals surface area contributed by atoms with Crippen LogP contribution in [0.4, 0.5) is 5.69 Å². The second-order valence-electron chi connectivity index (χ2n) is 5.35. The molecular formula is C17H22N4O5S. The monoisotopic (exact) mass is 394 g/mol. The number of ether oxygens (including phenoxy) is 2. The number of imidazole rings is 1. The maximum absolute atomic E-state index is 12.3. The normalized spacial score (nSPS) is 10.4. The van der Waals surface area contributed by atoms with Crippen LogP contribution in [0.15, 0.2) is 29.6 Å². The maximum Gasteiger partial charge on any atom is 0.239 e. The van der Waals surface area contributed by atoms with Gasteiger partial charge < -0.3 is 29.8 Å².